The maximum atomic E-state index is 5.93. The number of piperidine rings is 1. The summed E-state index contributed by atoms with van der Waals surface area (Å²) in [5, 5.41) is 0. The third kappa shape index (κ3) is 3.69. The van der Waals surface area contributed by atoms with E-state index in [2.05, 4.69) is 18.7 Å². The summed E-state index contributed by atoms with van der Waals surface area (Å²) in [5.41, 5.74) is 0.630. The number of rotatable bonds is 6. The zero-order valence-corrected chi connectivity index (χ0v) is 12.3. The molecule has 0 amide bonds. The minimum absolute atomic E-state index is 0.554. The van der Waals surface area contributed by atoms with Crippen molar-refractivity contribution in [1.82, 2.24) is 4.90 Å². The first-order valence-corrected chi connectivity index (χ1v) is 7.46. The minimum Gasteiger partial charge on any atom is -0.383 e. The van der Waals surface area contributed by atoms with Gasteiger partial charge < -0.3 is 14.4 Å². The van der Waals surface area contributed by atoms with Crippen molar-refractivity contribution in [3.05, 3.63) is 0 Å². The number of nitrogens with zero attached hydrogens (tertiary/aromatic N) is 1. The molecule has 1 heterocycles. The van der Waals surface area contributed by atoms with Crippen LogP contribution in [0.2, 0.25) is 0 Å². The quantitative estimate of drug-likeness (QED) is 0.728. The van der Waals surface area contributed by atoms with E-state index in [0.29, 0.717) is 17.4 Å². The molecule has 0 aromatic heterocycles. The SMILES string of the molecule is COCCN1CCC2(CC1)CC(OCC(C)C)C2. The van der Waals surface area contributed by atoms with Gasteiger partial charge in [-0.2, -0.15) is 0 Å². The van der Waals surface area contributed by atoms with E-state index < -0.39 is 0 Å². The van der Waals surface area contributed by atoms with Crippen LogP contribution in [-0.2, 0) is 9.47 Å². The highest BCUT2D eigenvalue weighted by atomic mass is 16.5. The Morgan fingerprint density at radius 2 is 1.89 bits per heavy atom. The van der Waals surface area contributed by atoms with Gasteiger partial charge in [0.25, 0.3) is 0 Å². The van der Waals surface area contributed by atoms with E-state index in [1.54, 1.807) is 7.11 Å². The van der Waals surface area contributed by atoms with E-state index in [0.717, 1.165) is 19.8 Å². The van der Waals surface area contributed by atoms with E-state index in [1.807, 2.05) is 0 Å². The van der Waals surface area contributed by atoms with Gasteiger partial charge in [-0.3, -0.25) is 0 Å². The predicted octanol–water partition coefficient (Wildman–Crippen LogP) is 2.55. The molecule has 0 N–H and O–H groups in total. The lowest BCUT2D eigenvalue weighted by atomic mass is 9.61. The summed E-state index contributed by atoms with van der Waals surface area (Å²) in [4.78, 5) is 2.54. The summed E-state index contributed by atoms with van der Waals surface area (Å²) in [6.45, 7) is 9.85. The lowest BCUT2D eigenvalue weighted by Crippen LogP contribution is -2.50. The third-order valence-electron chi connectivity index (χ3n) is 4.51. The van der Waals surface area contributed by atoms with E-state index in [9.17, 15) is 0 Å². The fourth-order valence-electron chi connectivity index (χ4n) is 3.23. The van der Waals surface area contributed by atoms with Crippen molar-refractivity contribution in [2.75, 3.05) is 40.0 Å². The molecule has 2 fully saturated rings. The van der Waals surface area contributed by atoms with Crippen LogP contribution in [0.15, 0.2) is 0 Å². The lowest BCUT2D eigenvalue weighted by Gasteiger charge is -2.52. The van der Waals surface area contributed by atoms with Crippen LogP contribution in [0.25, 0.3) is 0 Å². The number of likely N-dealkylation sites (tertiary alicyclic amines) is 1. The van der Waals surface area contributed by atoms with Crippen molar-refractivity contribution < 1.29 is 9.47 Å². The van der Waals surface area contributed by atoms with Gasteiger partial charge in [-0.05, 0) is 50.1 Å². The van der Waals surface area contributed by atoms with Crippen molar-refractivity contribution in [3.63, 3.8) is 0 Å². The van der Waals surface area contributed by atoms with Crippen molar-refractivity contribution >= 4 is 0 Å². The molecule has 0 unspecified atom stereocenters. The zero-order valence-electron chi connectivity index (χ0n) is 12.3. The van der Waals surface area contributed by atoms with Crippen LogP contribution in [0.1, 0.15) is 39.5 Å². The maximum absolute atomic E-state index is 5.93. The Morgan fingerprint density at radius 3 is 2.44 bits per heavy atom. The van der Waals surface area contributed by atoms with Crippen LogP contribution < -0.4 is 0 Å². The van der Waals surface area contributed by atoms with Gasteiger partial charge in [-0.25, -0.2) is 0 Å². The van der Waals surface area contributed by atoms with Gasteiger partial charge in [0.2, 0.25) is 0 Å². The van der Waals surface area contributed by atoms with Crippen LogP contribution in [-0.4, -0.2) is 51.0 Å². The number of methoxy groups -OCH3 is 1. The summed E-state index contributed by atoms with van der Waals surface area (Å²) >= 11 is 0. The highest BCUT2D eigenvalue weighted by Gasteiger charge is 2.46. The van der Waals surface area contributed by atoms with Gasteiger partial charge >= 0.3 is 0 Å². The van der Waals surface area contributed by atoms with E-state index in [-0.39, 0.29) is 0 Å². The van der Waals surface area contributed by atoms with E-state index >= 15 is 0 Å². The van der Waals surface area contributed by atoms with Crippen molar-refractivity contribution in [2.45, 2.75) is 45.6 Å². The molecule has 3 heteroatoms. The predicted molar refractivity (Wildman–Crippen MR) is 73.8 cm³/mol. The average molecular weight is 255 g/mol. The summed E-state index contributed by atoms with van der Waals surface area (Å²) < 4.78 is 11.1. The molecule has 106 valence electrons. The lowest BCUT2D eigenvalue weighted by molar-refractivity contribution is -0.111. The Hall–Kier alpha value is -0.120. The molecule has 0 aromatic carbocycles. The first-order valence-electron chi connectivity index (χ1n) is 7.46. The monoisotopic (exact) mass is 255 g/mol. The van der Waals surface area contributed by atoms with Crippen LogP contribution in [0.3, 0.4) is 0 Å². The molecule has 1 saturated heterocycles. The minimum atomic E-state index is 0.554. The molecule has 0 radical (unpaired) electrons. The Labute approximate surface area is 112 Å². The topological polar surface area (TPSA) is 21.7 Å². The standard InChI is InChI=1S/C15H29NO2/c1-13(2)12-18-14-10-15(11-14)4-6-16(7-5-15)8-9-17-3/h13-14H,4-12H2,1-3H3. The van der Waals surface area contributed by atoms with E-state index in [4.69, 9.17) is 9.47 Å². The molecule has 1 spiro atoms. The molecular weight excluding hydrogens is 226 g/mol. The van der Waals surface area contributed by atoms with Crippen molar-refractivity contribution in [1.29, 1.82) is 0 Å². The Morgan fingerprint density at radius 1 is 1.22 bits per heavy atom. The highest BCUT2D eigenvalue weighted by molar-refractivity contribution is 4.97. The second kappa shape index (κ2) is 6.36. The van der Waals surface area contributed by atoms with Gasteiger partial charge in [0.15, 0.2) is 0 Å². The van der Waals surface area contributed by atoms with Gasteiger partial charge in [0, 0.05) is 20.3 Å². The van der Waals surface area contributed by atoms with Gasteiger partial charge in [-0.15, -0.1) is 0 Å². The fraction of sp³-hybridized carbons (Fsp3) is 1.00. The molecular formula is C15H29NO2. The average Bonchev–Trinajstić information content (AvgIpc) is 2.32. The van der Waals surface area contributed by atoms with Crippen LogP contribution in [0.5, 0.6) is 0 Å². The van der Waals surface area contributed by atoms with Crippen LogP contribution in [0, 0.1) is 11.3 Å². The van der Waals surface area contributed by atoms with Gasteiger partial charge in [-0.1, -0.05) is 13.8 Å². The van der Waals surface area contributed by atoms with Crippen LogP contribution in [0.4, 0.5) is 0 Å². The maximum Gasteiger partial charge on any atom is 0.0589 e. The molecule has 2 rings (SSSR count). The number of ether oxygens (including phenoxy) is 2. The van der Waals surface area contributed by atoms with Gasteiger partial charge in [0.05, 0.1) is 12.7 Å². The van der Waals surface area contributed by atoms with Crippen molar-refractivity contribution in [3.8, 4) is 0 Å². The molecule has 18 heavy (non-hydrogen) atoms. The van der Waals surface area contributed by atoms with Gasteiger partial charge in [0.1, 0.15) is 0 Å². The molecule has 2 aliphatic rings. The number of hydrogen-bond acceptors (Lipinski definition) is 3. The summed E-state index contributed by atoms with van der Waals surface area (Å²) in [7, 11) is 1.79. The normalized spacial score (nSPS) is 24.7. The number of hydrogen-bond donors (Lipinski definition) is 0. The molecule has 3 nitrogen and oxygen atoms in total. The Balaban J connectivity index is 1.62. The molecule has 1 aliphatic carbocycles. The largest absolute Gasteiger partial charge is 0.383 e. The Bertz CT molecular complexity index is 239. The highest BCUT2D eigenvalue weighted by Crippen LogP contribution is 2.50. The second-order valence-corrected chi connectivity index (χ2v) is 6.59. The van der Waals surface area contributed by atoms with E-state index in [1.165, 1.54) is 38.8 Å². The molecule has 1 aliphatic heterocycles. The molecule has 0 bridgehead atoms. The summed E-state index contributed by atoms with van der Waals surface area (Å²) in [6.07, 6.45) is 5.88. The summed E-state index contributed by atoms with van der Waals surface area (Å²) in [5.74, 6) is 0.664. The Kier molecular flexibility index (Phi) is 5.05. The smallest absolute Gasteiger partial charge is 0.0589 e. The molecule has 0 atom stereocenters. The van der Waals surface area contributed by atoms with Crippen molar-refractivity contribution in [2.24, 2.45) is 11.3 Å². The second-order valence-electron chi connectivity index (χ2n) is 6.59. The molecule has 0 aromatic rings. The molecule has 1 saturated carbocycles. The zero-order chi connectivity index (χ0) is 13.0. The fourth-order valence-corrected chi connectivity index (χ4v) is 3.23. The first-order chi connectivity index (χ1) is 8.63. The summed E-state index contributed by atoms with van der Waals surface area (Å²) in [6, 6.07) is 0. The first kappa shape index (κ1) is 14.3. The van der Waals surface area contributed by atoms with Crippen LogP contribution >= 0.6 is 0 Å². The third-order valence-corrected chi connectivity index (χ3v) is 4.51.